The van der Waals surface area contributed by atoms with Crippen molar-refractivity contribution in [1.29, 1.82) is 0 Å². The number of nitrogens with one attached hydrogen (secondary N) is 1. The first-order valence-electron chi connectivity index (χ1n) is 7.16. The summed E-state index contributed by atoms with van der Waals surface area (Å²) in [6.45, 7) is 5.41. The van der Waals surface area contributed by atoms with Crippen molar-refractivity contribution >= 4 is 11.0 Å². The Hall–Kier alpha value is -1.48. The molecule has 0 radical (unpaired) electrons. The maximum absolute atomic E-state index is 9.69. The minimum Gasteiger partial charge on any atom is -0.508 e. The van der Waals surface area contributed by atoms with Gasteiger partial charge in [-0.05, 0) is 30.5 Å². The third kappa shape index (κ3) is 2.23. The Bertz CT molecular complexity index is 588. The lowest BCUT2D eigenvalue weighted by atomic mass is 9.97. The lowest BCUT2D eigenvalue weighted by molar-refractivity contribution is 0.444. The first-order chi connectivity index (χ1) is 9.19. The van der Waals surface area contributed by atoms with Crippen LogP contribution in [0.3, 0.4) is 0 Å². The fourth-order valence-corrected chi connectivity index (χ4v) is 3.14. The number of phenols is 1. The molecule has 102 valence electrons. The highest BCUT2D eigenvalue weighted by Gasteiger charge is 2.26. The maximum atomic E-state index is 9.69. The summed E-state index contributed by atoms with van der Waals surface area (Å²) < 4.78 is 6.02. The van der Waals surface area contributed by atoms with Crippen LogP contribution in [0.15, 0.2) is 22.6 Å². The van der Waals surface area contributed by atoms with E-state index in [9.17, 15) is 5.11 Å². The van der Waals surface area contributed by atoms with Crippen LogP contribution < -0.4 is 5.32 Å². The lowest BCUT2D eigenvalue weighted by Crippen LogP contribution is -2.31. The van der Waals surface area contributed by atoms with Crippen molar-refractivity contribution in [3.05, 3.63) is 29.5 Å². The minimum atomic E-state index is 0.311. The highest BCUT2D eigenvalue weighted by molar-refractivity contribution is 5.84. The van der Waals surface area contributed by atoms with Crippen LogP contribution in [0.2, 0.25) is 0 Å². The summed E-state index contributed by atoms with van der Waals surface area (Å²) in [5.74, 6) is 1.82. The number of fused-ring (bicyclic) bond motifs is 3. The molecule has 2 unspecified atom stereocenters. The number of hydrogen-bond donors (Lipinski definition) is 2. The van der Waals surface area contributed by atoms with Crippen molar-refractivity contribution in [2.75, 3.05) is 6.54 Å². The second-order valence-corrected chi connectivity index (χ2v) is 5.62. The Morgan fingerprint density at radius 2 is 2.26 bits per heavy atom. The van der Waals surface area contributed by atoms with Gasteiger partial charge in [0, 0.05) is 30.0 Å². The summed E-state index contributed by atoms with van der Waals surface area (Å²) in [4.78, 5) is 0. The fourth-order valence-electron chi connectivity index (χ4n) is 3.14. The number of phenolic OH excluding ortho intramolecular Hbond substituents is 1. The van der Waals surface area contributed by atoms with Gasteiger partial charge >= 0.3 is 0 Å². The number of rotatable bonds is 2. The highest BCUT2D eigenvalue weighted by atomic mass is 16.3. The third-order valence-corrected chi connectivity index (χ3v) is 4.06. The van der Waals surface area contributed by atoms with Crippen molar-refractivity contribution in [1.82, 2.24) is 5.32 Å². The second-order valence-electron chi connectivity index (χ2n) is 5.62. The zero-order valence-electron chi connectivity index (χ0n) is 11.6. The molecule has 3 nitrogen and oxygen atoms in total. The zero-order chi connectivity index (χ0) is 13.4. The Balaban J connectivity index is 2.08. The number of benzene rings is 1. The van der Waals surface area contributed by atoms with Crippen LogP contribution in [0.4, 0.5) is 0 Å². The van der Waals surface area contributed by atoms with Gasteiger partial charge in [0.1, 0.15) is 17.1 Å². The number of aromatic hydroxyl groups is 1. The molecule has 0 bridgehead atoms. The van der Waals surface area contributed by atoms with Crippen molar-refractivity contribution in [3.63, 3.8) is 0 Å². The molecule has 1 aliphatic heterocycles. The van der Waals surface area contributed by atoms with E-state index in [2.05, 4.69) is 19.2 Å². The van der Waals surface area contributed by atoms with Gasteiger partial charge in [-0.25, -0.2) is 0 Å². The number of hydrogen-bond acceptors (Lipinski definition) is 3. The number of furan rings is 1. The fraction of sp³-hybridized carbons (Fsp3) is 0.500. The van der Waals surface area contributed by atoms with Crippen molar-refractivity contribution < 1.29 is 9.52 Å². The first-order valence-corrected chi connectivity index (χ1v) is 7.16. The predicted octanol–water partition coefficient (Wildman–Crippen LogP) is 3.56. The van der Waals surface area contributed by atoms with E-state index in [0.29, 0.717) is 17.7 Å². The van der Waals surface area contributed by atoms with E-state index in [1.165, 1.54) is 18.4 Å². The van der Waals surface area contributed by atoms with E-state index in [0.717, 1.165) is 29.7 Å². The van der Waals surface area contributed by atoms with Crippen LogP contribution >= 0.6 is 0 Å². The van der Waals surface area contributed by atoms with Gasteiger partial charge in [-0.15, -0.1) is 0 Å². The summed E-state index contributed by atoms with van der Waals surface area (Å²) in [6.07, 6.45) is 3.31. The van der Waals surface area contributed by atoms with Crippen LogP contribution in [-0.2, 0) is 6.42 Å². The van der Waals surface area contributed by atoms with Gasteiger partial charge in [0.25, 0.3) is 0 Å². The molecule has 0 saturated carbocycles. The summed E-state index contributed by atoms with van der Waals surface area (Å²) in [6, 6.07) is 5.89. The standard InChI is InChI=1S/C16H21NO2/c1-3-4-11-7-15-16(10(2)9-17-11)13-8-12(18)5-6-14(13)19-15/h5-6,8,10-11,17-18H,3-4,7,9H2,1-2H3. The van der Waals surface area contributed by atoms with Crippen LogP contribution in [0.1, 0.15) is 43.9 Å². The zero-order valence-corrected chi connectivity index (χ0v) is 11.6. The lowest BCUT2D eigenvalue weighted by Gasteiger charge is -2.15. The Morgan fingerprint density at radius 3 is 3.05 bits per heavy atom. The summed E-state index contributed by atoms with van der Waals surface area (Å²) in [7, 11) is 0. The molecule has 3 rings (SSSR count). The Morgan fingerprint density at radius 1 is 1.42 bits per heavy atom. The molecule has 2 atom stereocenters. The maximum Gasteiger partial charge on any atom is 0.134 e. The molecule has 2 N–H and O–H groups in total. The van der Waals surface area contributed by atoms with Crippen molar-refractivity contribution in [3.8, 4) is 5.75 Å². The Labute approximate surface area is 113 Å². The van der Waals surface area contributed by atoms with Gasteiger partial charge in [-0.1, -0.05) is 20.3 Å². The van der Waals surface area contributed by atoms with Gasteiger partial charge in [-0.2, -0.15) is 0 Å². The Kier molecular flexibility index (Phi) is 3.23. The van der Waals surface area contributed by atoms with Crippen LogP contribution in [0.25, 0.3) is 11.0 Å². The molecule has 1 aliphatic rings. The summed E-state index contributed by atoms with van der Waals surface area (Å²) in [5.41, 5.74) is 2.17. The average Bonchev–Trinajstić information content (AvgIpc) is 2.65. The van der Waals surface area contributed by atoms with Gasteiger partial charge in [0.15, 0.2) is 0 Å². The molecule has 1 aromatic carbocycles. The average molecular weight is 259 g/mol. The molecule has 1 aromatic heterocycles. The molecule has 0 spiro atoms. The molecule has 2 aromatic rings. The van der Waals surface area contributed by atoms with Crippen LogP contribution in [0, 0.1) is 0 Å². The van der Waals surface area contributed by atoms with E-state index in [1.807, 2.05) is 12.1 Å². The van der Waals surface area contributed by atoms with Crippen molar-refractivity contribution in [2.45, 2.75) is 45.1 Å². The van der Waals surface area contributed by atoms with E-state index in [-0.39, 0.29) is 0 Å². The van der Waals surface area contributed by atoms with E-state index < -0.39 is 0 Å². The van der Waals surface area contributed by atoms with Crippen LogP contribution in [-0.4, -0.2) is 17.7 Å². The van der Waals surface area contributed by atoms with E-state index in [1.54, 1.807) is 6.07 Å². The van der Waals surface area contributed by atoms with E-state index in [4.69, 9.17) is 4.42 Å². The van der Waals surface area contributed by atoms with Crippen molar-refractivity contribution in [2.24, 2.45) is 0 Å². The third-order valence-electron chi connectivity index (χ3n) is 4.06. The monoisotopic (exact) mass is 259 g/mol. The molecule has 0 aliphatic carbocycles. The molecule has 19 heavy (non-hydrogen) atoms. The highest BCUT2D eigenvalue weighted by Crippen LogP contribution is 2.36. The molecular formula is C16H21NO2. The molecule has 0 fully saturated rings. The van der Waals surface area contributed by atoms with Gasteiger partial charge in [0.2, 0.25) is 0 Å². The summed E-state index contributed by atoms with van der Waals surface area (Å²) in [5, 5.41) is 14.4. The molecule has 0 amide bonds. The second kappa shape index (κ2) is 4.89. The SMILES string of the molecule is CCCC1Cc2oc3ccc(O)cc3c2C(C)CN1. The normalized spacial score (nSPS) is 23.3. The largest absolute Gasteiger partial charge is 0.508 e. The topological polar surface area (TPSA) is 45.4 Å². The molecular weight excluding hydrogens is 238 g/mol. The predicted molar refractivity (Wildman–Crippen MR) is 76.7 cm³/mol. The first kappa shape index (κ1) is 12.5. The van der Waals surface area contributed by atoms with Gasteiger partial charge < -0.3 is 14.8 Å². The van der Waals surface area contributed by atoms with Crippen LogP contribution in [0.5, 0.6) is 5.75 Å². The quantitative estimate of drug-likeness (QED) is 0.866. The van der Waals surface area contributed by atoms with E-state index >= 15 is 0 Å². The molecule has 2 heterocycles. The molecule has 0 saturated heterocycles. The smallest absolute Gasteiger partial charge is 0.134 e. The molecule has 3 heteroatoms. The van der Waals surface area contributed by atoms with Gasteiger partial charge in [0.05, 0.1) is 0 Å². The summed E-state index contributed by atoms with van der Waals surface area (Å²) >= 11 is 0. The minimum absolute atomic E-state index is 0.311. The van der Waals surface area contributed by atoms with Gasteiger partial charge in [-0.3, -0.25) is 0 Å².